The Kier molecular flexibility index (Phi) is 8.10. The molecule has 0 saturated carbocycles. The second-order valence-electron chi connectivity index (χ2n) is 6.84. The molecule has 3 rings (SSSR count). The van der Waals surface area contributed by atoms with E-state index in [4.69, 9.17) is 31.2 Å². The van der Waals surface area contributed by atoms with Gasteiger partial charge in [-0.3, -0.25) is 0 Å². The van der Waals surface area contributed by atoms with Crippen LogP contribution in [0.4, 0.5) is 15.8 Å². The number of thiocarbonyl (C=S) groups is 1. The average Bonchev–Trinajstić information content (AvgIpc) is 2.83. The molecule has 6 nitrogen and oxygen atoms in total. The Balaban J connectivity index is 1.81. The number of halogens is 1. The van der Waals surface area contributed by atoms with Crippen LogP contribution < -0.4 is 29.6 Å². The lowest BCUT2D eigenvalue weighted by molar-refractivity contribution is 0.324. The first-order chi connectivity index (χ1) is 16.0. The van der Waals surface area contributed by atoms with Crippen molar-refractivity contribution in [1.82, 2.24) is 0 Å². The molecule has 0 atom stereocenters. The number of ether oxygens (including phenoxy) is 4. The Hall–Kier alpha value is -3.78. The number of methoxy groups -OCH3 is 4. The Morgan fingerprint density at radius 2 is 1.33 bits per heavy atom. The summed E-state index contributed by atoms with van der Waals surface area (Å²) in [6.45, 7) is 0. The van der Waals surface area contributed by atoms with E-state index < -0.39 is 0 Å². The summed E-state index contributed by atoms with van der Waals surface area (Å²) in [5.41, 5.74) is 3.15. The molecule has 0 spiro atoms. The molecule has 0 aliphatic carbocycles. The molecule has 0 bridgehead atoms. The fourth-order valence-electron chi connectivity index (χ4n) is 3.13. The summed E-state index contributed by atoms with van der Waals surface area (Å²) in [4.78, 5) is 0. The molecule has 0 aliphatic heterocycles. The van der Waals surface area contributed by atoms with Crippen LogP contribution in [0.3, 0.4) is 0 Å². The first-order valence-electron chi connectivity index (χ1n) is 9.97. The number of nitrogens with one attached hydrogen (secondary N) is 2. The predicted molar refractivity (Wildman–Crippen MR) is 134 cm³/mol. The van der Waals surface area contributed by atoms with Crippen molar-refractivity contribution in [3.63, 3.8) is 0 Å². The lowest BCUT2D eigenvalue weighted by Crippen LogP contribution is -2.19. The molecule has 33 heavy (non-hydrogen) atoms. The Labute approximate surface area is 197 Å². The van der Waals surface area contributed by atoms with Crippen molar-refractivity contribution in [3.8, 4) is 23.0 Å². The standard InChI is InChI=1S/C25H25FN2O4S/c1-29-21-12-7-16(5-6-17-14-22(30-2)24(32-4)23(15-17)31-3)13-20(21)28-25(33)27-19-10-8-18(26)9-11-19/h5-15H,1-4H3,(H2,27,28,33). The summed E-state index contributed by atoms with van der Waals surface area (Å²) in [5.74, 6) is 2.00. The van der Waals surface area contributed by atoms with Crippen LogP contribution in [0.15, 0.2) is 54.6 Å². The molecule has 3 aromatic carbocycles. The van der Waals surface area contributed by atoms with Crippen molar-refractivity contribution in [2.45, 2.75) is 0 Å². The van der Waals surface area contributed by atoms with Crippen LogP contribution in [0.5, 0.6) is 23.0 Å². The summed E-state index contributed by atoms with van der Waals surface area (Å²) in [5, 5.41) is 6.50. The van der Waals surface area contributed by atoms with E-state index in [1.807, 2.05) is 42.5 Å². The van der Waals surface area contributed by atoms with Gasteiger partial charge in [-0.05, 0) is 71.9 Å². The summed E-state index contributed by atoms with van der Waals surface area (Å²) in [7, 11) is 6.31. The molecule has 0 heterocycles. The van der Waals surface area contributed by atoms with Crippen molar-refractivity contribution in [1.29, 1.82) is 0 Å². The van der Waals surface area contributed by atoms with Crippen molar-refractivity contribution in [2.75, 3.05) is 39.1 Å². The fraction of sp³-hybridized carbons (Fsp3) is 0.160. The Morgan fingerprint density at radius 3 is 1.91 bits per heavy atom. The van der Waals surface area contributed by atoms with E-state index in [1.54, 1.807) is 40.6 Å². The maximum absolute atomic E-state index is 13.1. The SMILES string of the molecule is COc1ccc(C=Cc2cc(OC)c(OC)c(OC)c2)cc1NC(=S)Nc1ccc(F)cc1. The summed E-state index contributed by atoms with van der Waals surface area (Å²) < 4.78 is 34.8. The van der Waals surface area contributed by atoms with E-state index in [0.717, 1.165) is 11.1 Å². The third kappa shape index (κ3) is 6.14. The van der Waals surface area contributed by atoms with E-state index in [1.165, 1.54) is 12.1 Å². The van der Waals surface area contributed by atoms with Gasteiger partial charge in [0, 0.05) is 5.69 Å². The molecule has 0 radical (unpaired) electrons. The Bertz CT molecular complexity index is 1120. The number of benzene rings is 3. The highest BCUT2D eigenvalue weighted by atomic mass is 32.1. The van der Waals surface area contributed by atoms with Crippen LogP contribution >= 0.6 is 12.2 Å². The molecule has 0 saturated heterocycles. The number of anilines is 2. The lowest BCUT2D eigenvalue weighted by Gasteiger charge is -2.14. The van der Waals surface area contributed by atoms with Gasteiger partial charge < -0.3 is 29.6 Å². The quantitative estimate of drug-likeness (QED) is 0.318. The second-order valence-corrected chi connectivity index (χ2v) is 7.25. The van der Waals surface area contributed by atoms with Crippen molar-refractivity contribution in [2.24, 2.45) is 0 Å². The summed E-state index contributed by atoms with van der Waals surface area (Å²) in [6.07, 6.45) is 3.88. The second kappa shape index (κ2) is 11.2. The highest BCUT2D eigenvalue weighted by Gasteiger charge is 2.12. The molecular weight excluding hydrogens is 443 g/mol. The zero-order valence-corrected chi connectivity index (χ0v) is 19.6. The smallest absolute Gasteiger partial charge is 0.203 e. The zero-order chi connectivity index (χ0) is 23.8. The minimum absolute atomic E-state index is 0.312. The lowest BCUT2D eigenvalue weighted by atomic mass is 10.1. The van der Waals surface area contributed by atoms with Crippen LogP contribution in [-0.2, 0) is 0 Å². The minimum atomic E-state index is -0.312. The predicted octanol–water partition coefficient (Wildman–Crippen LogP) is 5.84. The third-order valence-electron chi connectivity index (χ3n) is 4.73. The molecule has 8 heteroatoms. The number of hydrogen-bond donors (Lipinski definition) is 2. The van der Waals surface area contributed by atoms with E-state index in [-0.39, 0.29) is 5.82 Å². The van der Waals surface area contributed by atoms with Gasteiger partial charge in [0.25, 0.3) is 0 Å². The van der Waals surface area contributed by atoms with Gasteiger partial charge in [-0.25, -0.2) is 4.39 Å². The minimum Gasteiger partial charge on any atom is -0.495 e. The molecule has 0 unspecified atom stereocenters. The summed E-state index contributed by atoms with van der Waals surface area (Å²) >= 11 is 5.39. The number of rotatable bonds is 8. The van der Waals surface area contributed by atoms with Crippen LogP contribution in [-0.4, -0.2) is 33.6 Å². The van der Waals surface area contributed by atoms with E-state index in [2.05, 4.69) is 10.6 Å². The normalized spacial score (nSPS) is 10.6. The van der Waals surface area contributed by atoms with Gasteiger partial charge in [-0.2, -0.15) is 0 Å². The highest BCUT2D eigenvalue weighted by molar-refractivity contribution is 7.80. The van der Waals surface area contributed by atoms with Crippen LogP contribution in [0.1, 0.15) is 11.1 Å². The molecule has 3 aromatic rings. The van der Waals surface area contributed by atoms with Crippen molar-refractivity contribution in [3.05, 3.63) is 71.5 Å². The van der Waals surface area contributed by atoms with Crippen LogP contribution in [0, 0.1) is 5.82 Å². The van der Waals surface area contributed by atoms with Gasteiger partial charge >= 0.3 is 0 Å². The first kappa shape index (κ1) is 23.9. The largest absolute Gasteiger partial charge is 0.495 e. The van der Waals surface area contributed by atoms with Crippen molar-refractivity contribution < 1.29 is 23.3 Å². The molecule has 0 amide bonds. The average molecular weight is 469 g/mol. The van der Waals surface area contributed by atoms with Gasteiger partial charge in [-0.15, -0.1) is 0 Å². The summed E-state index contributed by atoms with van der Waals surface area (Å²) in [6, 6.07) is 15.3. The third-order valence-corrected chi connectivity index (χ3v) is 4.93. The Morgan fingerprint density at radius 1 is 0.727 bits per heavy atom. The van der Waals surface area contributed by atoms with Crippen LogP contribution in [0.25, 0.3) is 12.2 Å². The molecular formula is C25H25FN2O4S. The van der Waals surface area contributed by atoms with Gasteiger partial charge in [0.05, 0.1) is 34.1 Å². The molecule has 172 valence electrons. The van der Waals surface area contributed by atoms with Gasteiger partial charge in [0.2, 0.25) is 5.75 Å². The monoisotopic (exact) mass is 468 g/mol. The van der Waals surface area contributed by atoms with Crippen LogP contribution in [0.2, 0.25) is 0 Å². The maximum atomic E-state index is 13.1. The van der Waals surface area contributed by atoms with Gasteiger partial charge in [-0.1, -0.05) is 18.2 Å². The topological polar surface area (TPSA) is 61.0 Å². The van der Waals surface area contributed by atoms with E-state index in [9.17, 15) is 4.39 Å². The zero-order valence-electron chi connectivity index (χ0n) is 18.8. The van der Waals surface area contributed by atoms with Gasteiger partial charge in [0.15, 0.2) is 16.6 Å². The van der Waals surface area contributed by atoms with Crippen molar-refractivity contribution >= 4 is 40.9 Å². The fourth-order valence-corrected chi connectivity index (χ4v) is 3.36. The highest BCUT2D eigenvalue weighted by Crippen LogP contribution is 2.38. The number of hydrogen-bond acceptors (Lipinski definition) is 5. The van der Waals surface area contributed by atoms with E-state index in [0.29, 0.717) is 39.5 Å². The molecule has 2 N–H and O–H groups in total. The maximum Gasteiger partial charge on any atom is 0.203 e. The molecule has 0 aliphatic rings. The molecule has 0 fully saturated rings. The van der Waals surface area contributed by atoms with E-state index >= 15 is 0 Å². The molecule has 0 aromatic heterocycles. The first-order valence-corrected chi connectivity index (χ1v) is 10.4. The van der Waals surface area contributed by atoms with Gasteiger partial charge in [0.1, 0.15) is 11.6 Å².